The van der Waals surface area contributed by atoms with Crippen LogP contribution in [0.25, 0.3) is 0 Å². The zero-order chi connectivity index (χ0) is 24.2. The molecule has 12 nitrogen and oxygen atoms in total. The number of ether oxygens (including phenoxy) is 2. The number of aryl methyl sites for hydroxylation is 1. The van der Waals surface area contributed by atoms with Gasteiger partial charge >= 0.3 is 11.4 Å². The number of aliphatic hydroxyl groups excluding tert-OH is 2. The van der Waals surface area contributed by atoms with Crippen LogP contribution in [0.2, 0.25) is 0 Å². The van der Waals surface area contributed by atoms with Gasteiger partial charge in [0, 0.05) is 23.7 Å². The summed E-state index contributed by atoms with van der Waals surface area (Å²) in [4.78, 5) is 40.1. The van der Waals surface area contributed by atoms with Crippen molar-refractivity contribution in [1.29, 1.82) is 0 Å². The molecule has 2 aromatic heterocycles. The number of thioether (sulfide) groups is 1. The highest BCUT2D eigenvalue weighted by Gasteiger charge is 2.34. The molecule has 0 bridgehead atoms. The molecule has 1 saturated heterocycles. The summed E-state index contributed by atoms with van der Waals surface area (Å²) in [6, 6.07) is 1.54. The fourth-order valence-electron chi connectivity index (χ4n) is 3.00. The van der Waals surface area contributed by atoms with E-state index in [1.165, 1.54) is 33.2 Å². The Hall–Kier alpha value is -3.15. The molecule has 0 radical (unpaired) electrons. The average molecular weight is 477 g/mol. The zero-order valence-electron chi connectivity index (χ0n) is 17.6. The van der Waals surface area contributed by atoms with E-state index in [9.17, 15) is 19.5 Å². The van der Waals surface area contributed by atoms with Crippen molar-refractivity contribution < 1.29 is 19.7 Å². The number of nitrogens with one attached hydrogen (secondary N) is 1. The Morgan fingerprint density at radius 3 is 2.73 bits per heavy atom. The Labute approximate surface area is 191 Å². The Kier molecular flexibility index (Phi) is 7.57. The van der Waals surface area contributed by atoms with Crippen molar-refractivity contribution in [3.8, 4) is 12.3 Å². The number of hydrogen-bond acceptors (Lipinski definition) is 10. The molecule has 0 aliphatic carbocycles. The molecule has 4 heterocycles. The molecule has 4 atom stereocenters. The number of aromatic nitrogens is 4. The van der Waals surface area contributed by atoms with E-state index in [2.05, 4.69) is 15.9 Å². The summed E-state index contributed by atoms with van der Waals surface area (Å²) >= 11 is 1.47. The number of hydrogen-bond donors (Lipinski definition) is 4. The number of H-pyrrole nitrogens is 1. The first-order valence-electron chi connectivity index (χ1n) is 9.72. The van der Waals surface area contributed by atoms with Gasteiger partial charge in [-0.25, -0.2) is 9.59 Å². The summed E-state index contributed by atoms with van der Waals surface area (Å²) in [6.45, 7) is 1.14. The number of nitrogens with two attached hydrogens (primary N) is 1. The third-order valence-electron chi connectivity index (χ3n) is 4.80. The molecule has 1 fully saturated rings. The summed E-state index contributed by atoms with van der Waals surface area (Å²) in [5, 5.41) is 18.1. The SMILES string of the molecule is C#C[C@@]1(CO)C=C[C@H](n2cc(C)c(=O)[nH]c2=O)O1.Nc1ccn([C@@H]2CS[C@H](CO)O2)c(=O)n1. The molecule has 176 valence electrons. The Bertz CT molecular complexity index is 1250. The van der Waals surface area contributed by atoms with Crippen LogP contribution in [-0.2, 0) is 9.47 Å². The molecular weight excluding hydrogens is 454 g/mol. The van der Waals surface area contributed by atoms with Gasteiger partial charge in [-0.15, -0.1) is 18.2 Å². The first kappa shape index (κ1) is 24.5. The quantitative estimate of drug-likeness (QED) is 0.306. The van der Waals surface area contributed by atoms with Gasteiger partial charge < -0.3 is 25.4 Å². The largest absolute Gasteiger partial charge is 0.393 e. The summed E-state index contributed by atoms with van der Waals surface area (Å²) in [7, 11) is 0. The van der Waals surface area contributed by atoms with Gasteiger partial charge in [0.2, 0.25) is 0 Å². The second-order valence-electron chi connectivity index (χ2n) is 7.12. The van der Waals surface area contributed by atoms with Crippen LogP contribution in [-0.4, -0.2) is 59.3 Å². The number of nitrogens with zero attached hydrogens (tertiary/aromatic N) is 3. The van der Waals surface area contributed by atoms with Gasteiger partial charge in [0.25, 0.3) is 5.56 Å². The molecule has 2 aliphatic heterocycles. The lowest BCUT2D eigenvalue weighted by Gasteiger charge is -2.21. The normalized spacial score (nSPS) is 25.9. The van der Waals surface area contributed by atoms with Crippen molar-refractivity contribution in [2.24, 2.45) is 0 Å². The maximum absolute atomic E-state index is 11.6. The lowest BCUT2D eigenvalue weighted by molar-refractivity contribution is -0.0503. The maximum atomic E-state index is 11.6. The molecule has 13 heteroatoms. The predicted octanol–water partition coefficient (Wildman–Crippen LogP) is -1.30. The van der Waals surface area contributed by atoms with E-state index in [0.29, 0.717) is 11.3 Å². The number of nitrogen functional groups attached to an aromatic ring is 1. The van der Waals surface area contributed by atoms with Crippen LogP contribution in [0.15, 0.2) is 45.0 Å². The molecular formula is C20H23N5O7S. The van der Waals surface area contributed by atoms with E-state index >= 15 is 0 Å². The smallest absolute Gasteiger partial charge is 0.351 e. The van der Waals surface area contributed by atoms with Crippen LogP contribution in [0.5, 0.6) is 0 Å². The van der Waals surface area contributed by atoms with E-state index < -0.39 is 28.8 Å². The van der Waals surface area contributed by atoms with E-state index in [-0.39, 0.29) is 30.7 Å². The Morgan fingerprint density at radius 2 is 2.15 bits per heavy atom. The molecule has 5 N–H and O–H groups in total. The van der Waals surface area contributed by atoms with Crippen molar-refractivity contribution in [1.82, 2.24) is 19.1 Å². The minimum atomic E-state index is -1.21. The van der Waals surface area contributed by atoms with Gasteiger partial charge in [0.15, 0.2) is 11.8 Å². The van der Waals surface area contributed by atoms with Crippen molar-refractivity contribution in [2.75, 3.05) is 24.7 Å². The van der Waals surface area contributed by atoms with E-state index in [4.69, 9.17) is 26.7 Å². The second kappa shape index (κ2) is 10.2. The zero-order valence-corrected chi connectivity index (χ0v) is 18.4. The van der Waals surface area contributed by atoms with Crippen molar-refractivity contribution >= 4 is 17.6 Å². The molecule has 2 aromatic rings. The van der Waals surface area contributed by atoms with Crippen LogP contribution >= 0.6 is 11.8 Å². The van der Waals surface area contributed by atoms with Crippen LogP contribution in [0, 0.1) is 19.3 Å². The molecule has 2 aliphatic rings. The van der Waals surface area contributed by atoms with Crippen LogP contribution < -0.4 is 22.7 Å². The highest BCUT2D eigenvalue weighted by atomic mass is 32.2. The van der Waals surface area contributed by atoms with Crippen molar-refractivity contribution in [3.05, 3.63) is 67.5 Å². The van der Waals surface area contributed by atoms with Crippen LogP contribution in [0.1, 0.15) is 18.0 Å². The van der Waals surface area contributed by atoms with E-state index in [1.54, 1.807) is 25.3 Å². The first-order chi connectivity index (χ1) is 15.7. The van der Waals surface area contributed by atoms with Gasteiger partial charge in [0.05, 0.1) is 13.2 Å². The number of aliphatic hydroxyl groups is 2. The van der Waals surface area contributed by atoms with Gasteiger partial charge in [-0.1, -0.05) is 5.92 Å². The number of aromatic amines is 1. The van der Waals surface area contributed by atoms with E-state index in [0.717, 1.165) is 0 Å². The minimum Gasteiger partial charge on any atom is -0.393 e. The molecule has 0 aromatic carbocycles. The third kappa shape index (κ3) is 5.44. The standard InChI is InChI=1S/C12H12N2O4.C8H11N3O3S/c1-3-12(7-15)5-4-9(18-12)14-6-8(2)10(16)13-11(14)17;9-5-1-2-11(8(13)10-5)6-4-15-7(3-12)14-6/h1,4-6,9,15H,7H2,2H3,(H,13,16,17);1-2,6-7,12H,3-4H2,(H2,9,10,13)/t9-,12+;6-,7+/m10/s1. The average Bonchev–Trinajstić information content (AvgIpc) is 3.44. The first-order valence-corrected chi connectivity index (χ1v) is 10.8. The highest BCUT2D eigenvalue weighted by Crippen LogP contribution is 2.30. The predicted molar refractivity (Wildman–Crippen MR) is 120 cm³/mol. The monoisotopic (exact) mass is 477 g/mol. The molecule has 0 spiro atoms. The molecule has 0 unspecified atom stereocenters. The van der Waals surface area contributed by atoms with Gasteiger partial charge in [0.1, 0.15) is 17.5 Å². The van der Waals surface area contributed by atoms with Crippen LogP contribution in [0.3, 0.4) is 0 Å². The second-order valence-corrected chi connectivity index (χ2v) is 8.31. The Balaban J connectivity index is 0.000000189. The number of rotatable bonds is 4. The van der Waals surface area contributed by atoms with Gasteiger partial charge in [-0.2, -0.15) is 4.98 Å². The summed E-state index contributed by atoms with van der Waals surface area (Å²) in [5.41, 5.74) is 2.81. The lowest BCUT2D eigenvalue weighted by Crippen LogP contribution is -2.36. The maximum Gasteiger partial charge on any atom is 0.351 e. The Morgan fingerprint density at radius 1 is 1.39 bits per heavy atom. The lowest BCUT2D eigenvalue weighted by atomic mass is 10.1. The van der Waals surface area contributed by atoms with Gasteiger partial charge in [-0.05, 0) is 25.1 Å². The van der Waals surface area contributed by atoms with Crippen LogP contribution in [0.4, 0.5) is 5.82 Å². The van der Waals surface area contributed by atoms with Gasteiger partial charge in [-0.3, -0.25) is 18.9 Å². The minimum absolute atomic E-state index is 0.0572. The summed E-state index contributed by atoms with van der Waals surface area (Å²) in [6.07, 6.45) is 10.2. The summed E-state index contributed by atoms with van der Waals surface area (Å²) < 4.78 is 13.4. The fourth-order valence-corrected chi connectivity index (χ4v) is 3.93. The summed E-state index contributed by atoms with van der Waals surface area (Å²) in [5.74, 6) is 3.14. The highest BCUT2D eigenvalue weighted by molar-refractivity contribution is 8.00. The topological polar surface area (TPSA) is 175 Å². The number of anilines is 1. The molecule has 33 heavy (non-hydrogen) atoms. The number of terminal acetylenes is 1. The van der Waals surface area contributed by atoms with E-state index in [1.807, 2.05) is 0 Å². The fraction of sp³-hybridized carbons (Fsp3) is 0.400. The third-order valence-corrected chi connectivity index (χ3v) is 5.91. The van der Waals surface area contributed by atoms with Crippen molar-refractivity contribution in [3.63, 3.8) is 0 Å². The van der Waals surface area contributed by atoms with Crippen molar-refractivity contribution in [2.45, 2.75) is 30.4 Å². The molecule has 0 saturated carbocycles. The molecule has 4 rings (SSSR count). The molecule has 0 amide bonds.